The lowest BCUT2D eigenvalue weighted by molar-refractivity contribution is -0.134. The van der Waals surface area contributed by atoms with Crippen molar-refractivity contribution in [2.75, 3.05) is 26.3 Å². The zero-order valence-corrected chi connectivity index (χ0v) is 11.9. The third-order valence-electron chi connectivity index (χ3n) is 4.33. The number of likely N-dealkylation sites (tertiary alicyclic amines) is 1. The van der Waals surface area contributed by atoms with Gasteiger partial charge in [-0.15, -0.1) is 0 Å². The molecule has 18 heavy (non-hydrogen) atoms. The van der Waals surface area contributed by atoms with E-state index in [1.54, 1.807) is 0 Å². The summed E-state index contributed by atoms with van der Waals surface area (Å²) in [5.41, 5.74) is 0. The van der Waals surface area contributed by atoms with Gasteiger partial charge in [0.25, 0.3) is 0 Å². The van der Waals surface area contributed by atoms with E-state index in [2.05, 4.69) is 18.7 Å². The van der Waals surface area contributed by atoms with Gasteiger partial charge in [0.15, 0.2) is 0 Å². The second-order valence-corrected chi connectivity index (χ2v) is 6.34. The van der Waals surface area contributed by atoms with Gasteiger partial charge in [0.1, 0.15) is 0 Å². The van der Waals surface area contributed by atoms with Gasteiger partial charge in [-0.05, 0) is 43.4 Å². The Balaban J connectivity index is 1.73. The highest BCUT2D eigenvalue weighted by atomic mass is 16.5. The fourth-order valence-electron chi connectivity index (χ4n) is 3.39. The summed E-state index contributed by atoms with van der Waals surface area (Å²) in [6, 6.07) is 0. The van der Waals surface area contributed by atoms with Gasteiger partial charge < -0.3 is 9.64 Å². The molecule has 3 heteroatoms. The number of amides is 1. The number of nitrogens with zero attached hydrogens (tertiary/aromatic N) is 1. The van der Waals surface area contributed by atoms with Gasteiger partial charge in [0.05, 0.1) is 0 Å². The maximum absolute atomic E-state index is 12.2. The summed E-state index contributed by atoms with van der Waals surface area (Å²) in [5, 5.41) is 0. The van der Waals surface area contributed by atoms with Crippen molar-refractivity contribution in [3.63, 3.8) is 0 Å². The lowest BCUT2D eigenvalue weighted by Crippen LogP contribution is -2.42. The molecule has 2 saturated heterocycles. The number of hydrogen-bond donors (Lipinski definition) is 0. The summed E-state index contributed by atoms with van der Waals surface area (Å²) < 4.78 is 5.36. The first kappa shape index (κ1) is 13.9. The highest BCUT2D eigenvalue weighted by Gasteiger charge is 2.25. The standard InChI is InChI=1S/C15H27NO2/c1-12-9-13(2)11-16(10-12)15(17)4-3-14-5-7-18-8-6-14/h12-14H,3-11H2,1-2H3. The first-order valence-electron chi connectivity index (χ1n) is 7.50. The minimum atomic E-state index is 0.375. The van der Waals surface area contributed by atoms with Gasteiger partial charge in [-0.25, -0.2) is 0 Å². The lowest BCUT2D eigenvalue weighted by Gasteiger charge is -2.35. The van der Waals surface area contributed by atoms with Crippen LogP contribution in [-0.2, 0) is 9.53 Å². The first-order chi connectivity index (χ1) is 8.65. The Bertz CT molecular complexity index is 264. The molecule has 0 aromatic rings. The monoisotopic (exact) mass is 253 g/mol. The van der Waals surface area contributed by atoms with Crippen LogP contribution in [-0.4, -0.2) is 37.1 Å². The molecule has 2 heterocycles. The first-order valence-corrected chi connectivity index (χ1v) is 7.50. The minimum absolute atomic E-state index is 0.375. The molecule has 0 N–H and O–H groups in total. The van der Waals surface area contributed by atoms with Crippen LogP contribution in [0.15, 0.2) is 0 Å². The van der Waals surface area contributed by atoms with E-state index in [1.807, 2.05) is 0 Å². The van der Waals surface area contributed by atoms with Crippen molar-refractivity contribution in [3.8, 4) is 0 Å². The molecule has 0 spiro atoms. The van der Waals surface area contributed by atoms with Crippen molar-refractivity contribution in [3.05, 3.63) is 0 Å². The number of ether oxygens (including phenoxy) is 1. The minimum Gasteiger partial charge on any atom is -0.381 e. The summed E-state index contributed by atoms with van der Waals surface area (Å²) >= 11 is 0. The fourth-order valence-corrected chi connectivity index (χ4v) is 3.39. The molecule has 0 aromatic carbocycles. The quantitative estimate of drug-likeness (QED) is 0.774. The maximum Gasteiger partial charge on any atom is 0.222 e. The molecule has 2 aliphatic heterocycles. The van der Waals surface area contributed by atoms with E-state index in [1.165, 1.54) is 6.42 Å². The zero-order valence-electron chi connectivity index (χ0n) is 11.9. The van der Waals surface area contributed by atoms with E-state index in [4.69, 9.17) is 4.74 Å². The third kappa shape index (κ3) is 3.98. The smallest absolute Gasteiger partial charge is 0.222 e. The Morgan fingerprint density at radius 1 is 1.17 bits per heavy atom. The number of hydrogen-bond acceptors (Lipinski definition) is 2. The van der Waals surface area contributed by atoms with E-state index in [0.717, 1.165) is 52.0 Å². The molecule has 0 aromatic heterocycles. The molecule has 2 aliphatic rings. The molecule has 104 valence electrons. The topological polar surface area (TPSA) is 29.5 Å². The van der Waals surface area contributed by atoms with Crippen LogP contribution >= 0.6 is 0 Å². The van der Waals surface area contributed by atoms with Crippen LogP contribution < -0.4 is 0 Å². The van der Waals surface area contributed by atoms with Crippen LogP contribution in [0.4, 0.5) is 0 Å². The largest absolute Gasteiger partial charge is 0.381 e. The zero-order chi connectivity index (χ0) is 13.0. The van der Waals surface area contributed by atoms with Crippen LogP contribution in [0.2, 0.25) is 0 Å². The van der Waals surface area contributed by atoms with Gasteiger partial charge in [-0.2, -0.15) is 0 Å². The van der Waals surface area contributed by atoms with Crippen molar-refractivity contribution >= 4 is 5.91 Å². The van der Waals surface area contributed by atoms with Gasteiger partial charge >= 0.3 is 0 Å². The predicted molar refractivity (Wildman–Crippen MR) is 72.3 cm³/mol. The number of carbonyl (C=O) groups is 1. The summed E-state index contributed by atoms with van der Waals surface area (Å²) in [6.07, 6.45) is 5.34. The summed E-state index contributed by atoms with van der Waals surface area (Å²) in [7, 11) is 0. The Morgan fingerprint density at radius 3 is 2.39 bits per heavy atom. The molecule has 2 atom stereocenters. The third-order valence-corrected chi connectivity index (χ3v) is 4.33. The second kappa shape index (κ2) is 6.55. The SMILES string of the molecule is CC1CC(C)CN(C(=O)CCC2CCOCC2)C1. The fraction of sp³-hybridized carbons (Fsp3) is 0.933. The van der Waals surface area contributed by atoms with E-state index >= 15 is 0 Å². The van der Waals surface area contributed by atoms with Crippen LogP contribution in [0.1, 0.15) is 46.0 Å². The summed E-state index contributed by atoms with van der Waals surface area (Å²) in [5.74, 6) is 2.42. The van der Waals surface area contributed by atoms with Gasteiger partial charge in [0, 0.05) is 32.7 Å². The molecule has 1 amide bonds. The Morgan fingerprint density at radius 2 is 1.78 bits per heavy atom. The maximum atomic E-state index is 12.2. The Hall–Kier alpha value is -0.570. The summed E-state index contributed by atoms with van der Waals surface area (Å²) in [6.45, 7) is 8.23. The average molecular weight is 253 g/mol. The van der Waals surface area contributed by atoms with E-state index in [-0.39, 0.29) is 0 Å². The van der Waals surface area contributed by atoms with Crippen molar-refractivity contribution in [2.45, 2.75) is 46.0 Å². The number of carbonyl (C=O) groups excluding carboxylic acids is 1. The van der Waals surface area contributed by atoms with Crippen molar-refractivity contribution in [1.82, 2.24) is 4.90 Å². The molecule has 2 fully saturated rings. The van der Waals surface area contributed by atoms with Gasteiger partial charge in [-0.3, -0.25) is 4.79 Å². The lowest BCUT2D eigenvalue weighted by atomic mass is 9.90. The average Bonchev–Trinajstić information content (AvgIpc) is 2.36. The molecule has 0 radical (unpaired) electrons. The molecular formula is C15H27NO2. The Kier molecular flexibility index (Phi) is 5.04. The molecule has 2 rings (SSSR count). The van der Waals surface area contributed by atoms with Gasteiger partial charge in [-0.1, -0.05) is 13.8 Å². The van der Waals surface area contributed by atoms with Crippen LogP contribution in [0.5, 0.6) is 0 Å². The van der Waals surface area contributed by atoms with E-state index in [9.17, 15) is 4.79 Å². The summed E-state index contributed by atoms with van der Waals surface area (Å²) in [4.78, 5) is 14.3. The van der Waals surface area contributed by atoms with E-state index < -0.39 is 0 Å². The normalized spacial score (nSPS) is 30.4. The van der Waals surface area contributed by atoms with Crippen LogP contribution in [0, 0.1) is 17.8 Å². The predicted octanol–water partition coefficient (Wildman–Crippen LogP) is 2.70. The van der Waals surface area contributed by atoms with Crippen LogP contribution in [0.3, 0.4) is 0 Å². The molecular weight excluding hydrogens is 226 g/mol. The highest BCUT2D eigenvalue weighted by molar-refractivity contribution is 5.76. The number of rotatable bonds is 3. The molecule has 3 nitrogen and oxygen atoms in total. The molecule has 0 aliphatic carbocycles. The van der Waals surface area contributed by atoms with Crippen molar-refractivity contribution in [2.24, 2.45) is 17.8 Å². The second-order valence-electron chi connectivity index (χ2n) is 6.34. The number of piperidine rings is 1. The van der Waals surface area contributed by atoms with Gasteiger partial charge in [0.2, 0.25) is 5.91 Å². The molecule has 0 bridgehead atoms. The molecule has 0 saturated carbocycles. The van der Waals surface area contributed by atoms with E-state index in [0.29, 0.717) is 23.7 Å². The van der Waals surface area contributed by atoms with Crippen molar-refractivity contribution < 1.29 is 9.53 Å². The van der Waals surface area contributed by atoms with Crippen molar-refractivity contribution in [1.29, 1.82) is 0 Å². The highest BCUT2D eigenvalue weighted by Crippen LogP contribution is 2.24. The Labute approximate surface area is 111 Å². The van der Waals surface area contributed by atoms with Crippen LogP contribution in [0.25, 0.3) is 0 Å². The molecule has 2 unspecified atom stereocenters.